The SMILES string of the molecule is CC1CN(C(=O)c2cccc([N+](=O)[O-])c2N)C(C)CO1. The van der Waals surface area contributed by atoms with Crippen molar-refractivity contribution in [2.24, 2.45) is 0 Å². The van der Waals surface area contributed by atoms with Gasteiger partial charge in [0.2, 0.25) is 0 Å². The van der Waals surface area contributed by atoms with Crippen LogP contribution in [-0.2, 0) is 4.74 Å². The summed E-state index contributed by atoms with van der Waals surface area (Å²) >= 11 is 0. The van der Waals surface area contributed by atoms with Crippen LogP contribution in [0.25, 0.3) is 0 Å². The van der Waals surface area contributed by atoms with Crippen LogP contribution in [0.4, 0.5) is 11.4 Å². The first-order valence-corrected chi connectivity index (χ1v) is 6.37. The fourth-order valence-electron chi connectivity index (χ4n) is 2.24. The van der Waals surface area contributed by atoms with Gasteiger partial charge in [0.05, 0.1) is 29.2 Å². The number of nitro groups is 1. The number of morpholine rings is 1. The van der Waals surface area contributed by atoms with E-state index in [2.05, 4.69) is 0 Å². The van der Waals surface area contributed by atoms with Crippen molar-refractivity contribution in [3.05, 3.63) is 33.9 Å². The number of nitrogens with two attached hydrogens (primary N) is 1. The first-order valence-electron chi connectivity index (χ1n) is 6.37. The topological polar surface area (TPSA) is 98.7 Å². The van der Waals surface area contributed by atoms with Gasteiger partial charge in [-0.05, 0) is 19.9 Å². The Morgan fingerprint density at radius 1 is 1.50 bits per heavy atom. The quantitative estimate of drug-likeness (QED) is 0.501. The second-order valence-corrected chi connectivity index (χ2v) is 4.95. The molecule has 1 aromatic rings. The zero-order valence-corrected chi connectivity index (χ0v) is 11.4. The van der Waals surface area contributed by atoms with E-state index >= 15 is 0 Å². The molecule has 0 aliphatic carbocycles. The molecule has 1 fully saturated rings. The van der Waals surface area contributed by atoms with Crippen molar-refractivity contribution >= 4 is 17.3 Å². The lowest BCUT2D eigenvalue weighted by atomic mass is 10.1. The number of amides is 1. The number of carbonyl (C=O) groups is 1. The third-order valence-corrected chi connectivity index (χ3v) is 3.38. The molecule has 7 heteroatoms. The molecule has 7 nitrogen and oxygen atoms in total. The zero-order valence-electron chi connectivity index (χ0n) is 11.4. The van der Waals surface area contributed by atoms with Crippen LogP contribution < -0.4 is 5.73 Å². The Balaban J connectivity index is 2.33. The molecule has 0 radical (unpaired) electrons. The Morgan fingerprint density at radius 2 is 2.20 bits per heavy atom. The van der Waals surface area contributed by atoms with Crippen LogP contribution in [0, 0.1) is 10.1 Å². The maximum atomic E-state index is 12.5. The van der Waals surface area contributed by atoms with Crippen molar-refractivity contribution in [1.29, 1.82) is 0 Å². The monoisotopic (exact) mass is 279 g/mol. The molecule has 2 N–H and O–H groups in total. The summed E-state index contributed by atoms with van der Waals surface area (Å²) in [6.45, 7) is 4.64. The van der Waals surface area contributed by atoms with E-state index in [0.29, 0.717) is 13.2 Å². The Bertz CT molecular complexity index is 546. The Kier molecular flexibility index (Phi) is 3.89. The first-order chi connectivity index (χ1) is 9.41. The van der Waals surface area contributed by atoms with Crippen molar-refractivity contribution < 1.29 is 14.5 Å². The van der Waals surface area contributed by atoms with Crippen LogP contribution in [0.3, 0.4) is 0 Å². The number of nitro benzene ring substituents is 1. The highest BCUT2D eigenvalue weighted by atomic mass is 16.6. The minimum Gasteiger partial charge on any atom is -0.393 e. The van der Waals surface area contributed by atoms with Crippen molar-refractivity contribution in [2.75, 3.05) is 18.9 Å². The average molecular weight is 279 g/mol. The predicted octanol–water partition coefficient (Wildman–Crippen LogP) is 1.43. The number of nitrogen functional groups attached to an aromatic ring is 1. The minimum absolute atomic E-state index is 0.0601. The molecule has 0 spiro atoms. The van der Waals surface area contributed by atoms with Crippen molar-refractivity contribution in [3.8, 4) is 0 Å². The van der Waals surface area contributed by atoms with Gasteiger partial charge in [-0.1, -0.05) is 6.07 Å². The van der Waals surface area contributed by atoms with Crippen LogP contribution >= 0.6 is 0 Å². The number of hydrogen-bond donors (Lipinski definition) is 1. The second-order valence-electron chi connectivity index (χ2n) is 4.95. The van der Waals surface area contributed by atoms with Gasteiger partial charge in [0.1, 0.15) is 5.69 Å². The molecule has 1 aliphatic heterocycles. The van der Waals surface area contributed by atoms with Gasteiger partial charge in [0.15, 0.2) is 0 Å². The minimum atomic E-state index is -0.586. The van der Waals surface area contributed by atoms with Crippen LogP contribution in [-0.4, -0.2) is 41.0 Å². The largest absolute Gasteiger partial charge is 0.393 e. The van der Waals surface area contributed by atoms with Gasteiger partial charge in [0.25, 0.3) is 11.6 Å². The van der Waals surface area contributed by atoms with Crippen LogP contribution in [0.5, 0.6) is 0 Å². The van der Waals surface area contributed by atoms with Gasteiger partial charge in [-0.3, -0.25) is 14.9 Å². The highest BCUT2D eigenvalue weighted by molar-refractivity contribution is 6.01. The molecule has 2 rings (SSSR count). The number of hydrogen-bond acceptors (Lipinski definition) is 5. The number of anilines is 1. The van der Waals surface area contributed by atoms with E-state index in [1.165, 1.54) is 18.2 Å². The van der Waals surface area contributed by atoms with Crippen molar-refractivity contribution in [3.63, 3.8) is 0 Å². The molecule has 1 amide bonds. The highest BCUT2D eigenvalue weighted by Gasteiger charge is 2.30. The summed E-state index contributed by atoms with van der Waals surface area (Å²) in [6.07, 6.45) is -0.0601. The van der Waals surface area contributed by atoms with E-state index in [1.54, 1.807) is 4.90 Å². The fraction of sp³-hybridized carbons (Fsp3) is 0.462. The van der Waals surface area contributed by atoms with Gasteiger partial charge in [-0.15, -0.1) is 0 Å². The van der Waals surface area contributed by atoms with Gasteiger partial charge in [-0.25, -0.2) is 0 Å². The summed E-state index contributed by atoms with van der Waals surface area (Å²) in [5.41, 5.74) is 5.58. The van der Waals surface area contributed by atoms with E-state index < -0.39 is 4.92 Å². The van der Waals surface area contributed by atoms with Crippen LogP contribution in [0.1, 0.15) is 24.2 Å². The van der Waals surface area contributed by atoms with E-state index in [-0.39, 0.29) is 35.0 Å². The lowest BCUT2D eigenvalue weighted by Crippen LogP contribution is -2.50. The Labute approximate surface area is 116 Å². The molecule has 1 heterocycles. The van der Waals surface area contributed by atoms with Gasteiger partial charge < -0.3 is 15.4 Å². The summed E-state index contributed by atoms with van der Waals surface area (Å²) in [7, 11) is 0. The smallest absolute Gasteiger partial charge is 0.292 e. The van der Waals surface area contributed by atoms with E-state index in [1.807, 2.05) is 13.8 Å². The summed E-state index contributed by atoms with van der Waals surface area (Å²) in [6, 6.07) is 4.18. The molecule has 0 saturated carbocycles. The number of carbonyl (C=O) groups excluding carboxylic acids is 1. The maximum absolute atomic E-state index is 12.5. The molecule has 1 aliphatic rings. The number of rotatable bonds is 2. The van der Waals surface area contributed by atoms with Gasteiger partial charge in [-0.2, -0.15) is 0 Å². The molecule has 1 aromatic carbocycles. The van der Waals surface area contributed by atoms with Gasteiger partial charge >= 0.3 is 0 Å². The molecule has 2 atom stereocenters. The molecule has 2 unspecified atom stereocenters. The molecule has 0 bridgehead atoms. The molecule has 108 valence electrons. The standard InChI is InChI=1S/C13H17N3O4/c1-8-7-20-9(2)6-15(8)13(17)10-4-3-5-11(12(10)14)16(18)19/h3-5,8-9H,6-7,14H2,1-2H3. The van der Waals surface area contributed by atoms with Crippen molar-refractivity contribution in [2.45, 2.75) is 26.0 Å². The van der Waals surface area contributed by atoms with Crippen LogP contribution in [0.2, 0.25) is 0 Å². The third-order valence-electron chi connectivity index (χ3n) is 3.38. The number of para-hydroxylation sites is 1. The molecule has 0 aromatic heterocycles. The lowest BCUT2D eigenvalue weighted by Gasteiger charge is -2.37. The lowest BCUT2D eigenvalue weighted by molar-refractivity contribution is -0.383. The van der Waals surface area contributed by atoms with Crippen LogP contribution in [0.15, 0.2) is 18.2 Å². The Morgan fingerprint density at radius 3 is 2.85 bits per heavy atom. The average Bonchev–Trinajstić information content (AvgIpc) is 2.40. The second kappa shape index (κ2) is 5.46. The Hall–Kier alpha value is -2.15. The first kappa shape index (κ1) is 14.3. The molecular weight excluding hydrogens is 262 g/mol. The zero-order chi connectivity index (χ0) is 14.9. The van der Waals surface area contributed by atoms with E-state index in [0.717, 1.165) is 0 Å². The fourth-order valence-corrected chi connectivity index (χ4v) is 2.24. The predicted molar refractivity (Wildman–Crippen MR) is 73.4 cm³/mol. The number of nitrogens with zero attached hydrogens (tertiary/aromatic N) is 2. The molecule has 20 heavy (non-hydrogen) atoms. The number of benzene rings is 1. The highest BCUT2D eigenvalue weighted by Crippen LogP contribution is 2.27. The molecular formula is C13H17N3O4. The van der Waals surface area contributed by atoms with E-state index in [9.17, 15) is 14.9 Å². The number of ether oxygens (including phenoxy) is 1. The van der Waals surface area contributed by atoms with Gasteiger partial charge in [0, 0.05) is 12.6 Å². The maximum Gasteiger partial charge on any atom is 0.292 e. The summed E-state index contributed by atoms with van der Waals surface area (Å²) in [5, 5.41) is 10.9. The normalized spacial score (nSPS) is 22.6. The molecule has 1 saturated heterocycles. The third kappa shape index (κ3) is 2.57. The van der Waals surface area contributed by atoms with E-state index in [4.69, 9.17) is 10.5 Å². The summed E-state index contributed by atoms with van der Waals surface area (Å²) in [5.74, 6) is -0.297. The summed E-state index contributed by atoms with van der Waals surface area (Å²) in [4.78, 5) is 24.4. The van der Waals surface area contributed by atoms with Crippen molar-refractivity contribution in [1.82, 2.24) is 4.90 Å². The summed E-state index contributed by atoms with van der Waals surface area (Å²) < 4.78 is 5.47.